The summed E-state index contributed by atoms with van der Waals surface area (Å²) in [5, 5.41) is 9.89. The molecule has 0 saturated carbocycles. The monoisotopic (exact) mass is 410 g/mol. The number of halogens is 4. The lowest BCUT2D eigenvalue weighted by molar-refractivity contribution is -0.0927. The molecule has 0 aromatic rings. The van der Waals surface area contributed by atoms with Crippen LogP contribution in [0.5, 0.6) is 0 Å². The Morgan fingerprint density at radius 1 is 1.41 bits per heavy atom. The SMILES string of the molecule is CC[C@H]1O[C@@H]([C@H](O)COS(=O)(=O)C(F)(F)F)C/C=C\C[C@@H]1Br. The van der Waals surface area contributed by atoms with Gasteiger partial charge in [0.05, 0.1) is 18.8 Å². The quantitative estimate of drug-likeness (QED) is 0.326. The number of aliphatic hydroxyl groups is 1. The fraction of sp³-hybridized carbons (Fsp3) is 0.833. The van der Waals surface area contributed by atoms with Crippen LogP contribution < -0.4 is 0 Å². The summed E-state index contributed by atoms with van der Waals surface area (Å²) < 4.78 is 67.7. The molecule has 10 heteroatoms. The second kappa shape index (κ2) is 8.09. The summed E-state index contributed by atoms with van der Waals surface area (Å²) in [6.45, 7) is 0.863. The Kier molecular flexibility index (Phi) is 7.31. The van der Waals surface area contributed by atoms with Gasteiger partial charge < -0.3 is 9.84 Å². The summed E-state index contributed by atoms with van der Waals surface area (Å²) in [6, 6.07) is 0. The van der Waals surface area contributed by atoms with Crippen LogP contribution >= 0.6 is 15.9 Å². The van der Waals surface area contributed by atoms with Gasteiger partial charge >= 0.3 is 15.6 Å². The van der Waals surface area contributed by atoms with Crippen molar-refractivity contribution in [2.45, 2.75) is 54.8 Å². The normalized spacial score (nSPS) is 30.4. The minimum Gasteiger partial charge on any atom is -0.388 e. The standard InChI is InChI=1S/C12H18BrF3O5S/c1-2-10-8(13)5-3-4-6-11(21-10)9(17)7-20-22(18,19)12(14,15)16/h3-4,8-11,17H,2,5-7H2,1H3/b4-3-/t8-,9+,10+,11+/m0/s1. The van der Waals surface area contributed by atoms with Gasteiger partial charge in [-0.25, -0.2) is 0 Å². The zero-order chi connectivity index (χ0) is 17.0. The molecule has 0 aliphatic carbocycles. The number of hydrogen-bond acceptors (Lipinski definition) is 5. The Morgan fingerprint density at radius 3 is 2.55 bits per heavy atom. The summed E-state index contributed by atoms with van der Waals surface area (Å²) in [5.74, 6) is 0. The highest BCUT2D eigenvalue weighted by molar-refractivity contribution is 9.09. The van der Waals surface area contributed by atoms with Gasteiger partial charge in [0.15, 0.2) is 0 Å². The van der Waals surface area contributed by atoms with Crippen molar-refractivity contribution in [1.82, 2.24) is 0 Å². The van der Waals surface area contributed by atoms with E-state index >= 15 is 0 Å². The maximum absolute atomic E-state index is 12.2. The van der Waals surface area contributed by atoms with Crippen LogP contribution in [0.3, 0.4) is 0 Å². The Labute approximate surface area is 135 Å². The number of allylic oxidation sites excluding steroid dienone is 1. The average molecular weight is 411 g/mol. The van der Waals surface area contributed by atoms with Crippen LogP contribution in [0.4, 0.5) is 13.2 Å². The molecule has 0 aromatic heterocycles. The first-order chi connectivity index (χ1) is 10.1. The highest BCUT2D eigenvalue weighted by Gasteiger charge is 2.47. The number of alkyl halides is 4. The molecule has 1 aliphatic heterocycles. The molecule has 1 aliphatic rings. The third kappa shape index (κ3) is 5.48. The highest BCUT2D eigenvalue weighted by atomic mass is 79.9. The Balaban J connectivity index is 2.69. The summed E-state index contributed by atoms with van der Waals surface area (Å²) in [4.78, 5) is 0.00331. The van der Waals surface area contributed by atoms with Crippen molar-refractivity contribution in [3.05, 3.63) is 12.2 Å². The third-order valence-electron chi connectivity index (χ3n) is 3.16. The van der Waals surface area contributed by atoms with Crippen LogP contribution in [0.2, 0.25) is 0 Å². The van der Waals surface area contributed by atoms with Gasteiger partial charge in [0.25, 0.3) is 0 Å². The lowest BCUT2D eigenvalue weighted by Crippen LogP contribution is -2.40. The topological polar surface area (TPSA) is 72.8 Å². The number of hydrogen-bond donors (Lipinski definition) is 1. The summed E-state index contributed by atoms with van der Waals surface area (Å²) in [5.41, 5.74) is -5.51. The van der Waals surface area contributed by atoms with E-state index in [4.69, 9.17) is 4.74 Å². The minimum absolute atomic E-state index is 0.00331. The molecule has 22 heavy (non-hydrogen) atoms. The van der Waals surface area contributed by atoms with Crippen molar-refractivity contribution in [2.75, 3.05) is 6.61 Å². The van der Waals surface area contributed by atoms with E-state index in [0.717, 1.165) is 6.42 Å². The molecule has 0 aromatic carbocycles. The molecule has 1 heterocycles. The fourth-order valence-corrected chi connectivity index (χ4v) is 3.07. The van der Waals surface area contributed by atoms with Crippen LogP contribution in [0.25, 0.3) is 0 Å². The first-order valence-corrected chi connectivity index (χ1v) is 8.99. The van der Waals surface area contributed by atoms with E-state index < -0.39 is 34.4 Å². The Bertz CT molecular complexity index is 480. The fourth-order valence-electron chi connectivity index (χ4n) is 1.91. The zero-order valence-corrected chi connectivity index (χ0v) is 14.2. The van der Waals surface area contributed by atoms with Gasteiger partial charge in [-0.15, -0.1) is 0 Å². The molecule has 0 fully saturated rings. The lowest BCUT2D eigenvalue weighted by atomic mass is 10.0. The van der Waals surface area contributed by atoms with Crippen molar-refractivity contribution in [3.63, 3.8) is 0 Å². The van der Waals surface area contributed by atoms with E-state index in [2.05, 4.69) is 20.1 Å². The summed E-state index contributed by atoms with van der Waals surface area (Å²) in [7, 11) is -5.72. The van der Waals surface area contributed by atoms with E-state index in [9.17, 15) is 26.7 Å². The molecule has 130 valence electrons. The second-order valence-electron chi connectivity index (χ2n) is 4.83. The van der Waals surface area contributed by atoms with Crippen molar-refractivity contribution in [2.24, 2.45) is 0 Å². The molecular formula is C12H18BrF3O5S. The molecular weight excluding hydrogens is 393 g/mol. The molecule has 0 bridgehead atoms. The smallest absolute Gasteiger partial charge is 0.388 e. The second-order valence-corrected chi connectivity index (χ2v) is 7.61. The summed E-state index contributed by atoms with van der Waals surface area (Å²) >= 11 is 3.44. The average Bonchev–Trinajstić information content (AvgIpc) is 2.40. The number of ether oxygens (including phenoxy) is 1. The minimum atomic E-state index is -5.72. The largest absolute Gasteiger partial charge is 0.523 e. The maximum atomic E-state index is 12.2. The van der Waals surface area contributed by atoms with Crippen LogP contribution in [0.15, 0.2) is 12.2 Å². The van der Waals surface area contributed by atoms with Gasteiger partial charge in [0, 0.05) is 4.83 Å². The van der Waals surface area contributed by atoms with Gasteiger partial charge in [-0.2, -0.15) is 21.6 Å². The third-order valence-corrected chi connectivity index (χ3v) is 5.14. The molecule has 0 saturated heterocycles. The molecule has 0 spiro atoms. The van der Waals surface area contributed by atoms with E-state index in [1.165, 1.54) is 0 Å². The van der Waals surface area contributed by atoms with Crippen molar-refractivity contribution in [3.8, 4) is 0 Å². The molecule has 1 N–H and O–H groups in total. The van der Waals surface area contributed by atoms with E-state index in [1.807, 2.05) is 13.0 Å². The van der Waals surface area contributed by atoms with E-state index in [0.29, 0.717) is 6.42 Å². The predicted molar refractivity (Wildman–Crippen MR) is 77.0 cm³/mol. The molecule has 0 unspecified atom stereocenters. The van der Waals surface area contributed by atoms with Crippen molar-refractivity contribution >= 4 is 26.0 Å². The molecule has 1 rings (SSSR count). The van der Waals surface area contributed by atoms with Crippen molar-refractivity contribution in [1.29, 1.82) is 0 Å². The number of rotatable bonds is 5. The number of aliphatic hydroxyl groups excluding tert-OH is 1. The van der Waals surface area contributed by atoms with Gasteiger partial charge in [0.2, 0.25) is 0 Å². The van der Waals surface area contributed by atoms with E-state index in [1.54, 1.807) is 6.08 Å². The van der Waals surface area contributed by atoms with Crippen molar-refractivity contribution < 1.29 is 35.6 Å². The van der Waals surface area contributed by atoms with Crippen LogP contribution in [0.1, 0.15) is 26.2 Å². The lowest BCUT2D eigenvalue weighted by Gasteiger charge is -2.30. The van der Waals surface area contributed by atoms with Crippen LogP contribution in [0, 0.1) is 0 Å². The molecule has 0 amide bonds. The Hall–Kier alpha value is -0.160. The Morgan fingerprint density at radius 2 is 2.00 bits per heavy atom. The maximum Gasteiger partial charge on any atom is 0.523 e. The first kappa shape index (κ1) is 19.9. The predicted octanol–water partition coefficient (Wildman–Crippen LogP) is 2.49. The molecule has 4 atom stereocenters. The van der Waals surface area contributed by atoms with Gasteiger partial charge in [-0.1, -0.05) is 35.0 Å². The van der Waals surface area contributed by atoms with Crippen LogP contribution in [-0.4, -0.2) is 48.8 Å². The molecule has 5 nitrogen and oxygen atoms in total. The van der Waals surface area contributed by atoms with E-state index in [-0.39, 0.29) is 17.4 Å². The van der Waals surface area contributed by atoms with Gasteiger partial charge in [-0.05, 0) is 19.3 Å². The molecule has 0 radical (unpaired) electrons. The summed E-state index contributed by atoms with van der Waals surface area (Å²) in [6.07, 6.45) is 2.63. The van der Waals surface area contributed by atoms with Crippen LogP contribution in [-0.2, 0) is 19.0 Å². The van der Waals surface area contributed by atoms with Gasteiger partial charge in [0.1, 0.15) is 6.10 Å². The van der Waals surface area contributed by atoms with Gasteiger partial charge in [-0.3, -0.25) is 4.18 Å². The first-order valence-electron chi connectivity index (χ1n) is 6.66. The highest BCUT2D eigenvalue weighted by Crippen LogP contribution is 2.26. The zero-order valence-electron chi connectivity index (χ0n) is 11.8.